The molecule has 0 saturated heterocycles. The van der Waals surface area contributed by atoms with Gasteiger partial charge in [0, 0.05) is 37.0 Å². The first-order valence-corrected chi connectivity index (χ1v) is 9.25. The first-order valence-electron chi connectivity index (χ1n) is 9.25. The molecule has 0 unspecified atom stereocenters. The summed E-state index contributed by atoms with van der Waals surface area (Å²) in [6, 6.07) is 23.8. The number of rotatable bonds is 8. The fraction of sp³-hybridized carbons (Fsp3) is 0.130. The van der Waals surface area contributed by atoms with Crippen molar-refractivity contribution in [3.8, 4) is 11.5 Å². The molecule has 0 atom stereocenters. The molecule has 3 aromatic rings. The van der Waals surface area contributed by atoms with Gasteiger partial charge in [-0.05, 0) is 60.7 Å². The number of benzene rings is 3. The molecule has 0 aliphatic rings. The largest absolute Gasteiger partial charge is 0.457 e. The van der Waals surface area contributed by atoms with Crippen molar-refractivity contribution in [3.63, 3.8) is 0 Å². The first kappa shape index (κ1) is 19.9. The van der Waals surface area contributed by atoms with Crippen molar-refractivity contribution < 1.29 is 14.3 Å². The van der Waals surface area contributed by atoms with Crippen LogP contribution in [0.1, 0.15) is 16.8 Å². The minimum absolute atomic E-state index is 0.104. The van der Waals surface area contributed by atoms with E-state index in [1.165, 1.54) is 0 Å². The highest BCUT2D eigenvalue weighted by molar-refractivity contribution is 5.94. The molecule has 0 aromatic heterocycles. The van der Waals surface area contributed by atoms with Gasteiger partial charge in [0.15, 0.2) is 0 Å². The highest BCUT2D eigenvalue weighted by Crippen LogP contribution is 2.24. The van der Waals surface area contributed by atoms with Gasteiger partial charge >= 0.3 is 0 Å². The maximum Gasteiger partial charge on any atom is 0.248 e. The van der Waals surface area contributed by atoms with E-state index in [-0.39, 0.29) is 5.91 Å². The minimum Gasteiger partial charge on any atom is -0.457 e. The fourth-order valence-corrected chi connectivity index (χ4v) is 2.73. The molecule has 0 fully saturated rings. The molecule has 0 heterocycles. The molecular formula is C23H23N3O3. The molecule has 0 saturated carbocycles. The summed E-state index contributed by atoms with van der Waals surface area (Å²) in [4.78, 5) is 25.3. The molecule has 3 aromatic carbocycles. The Bertz CT molecular complexity index is 955. The lowest BCUT2D eigenvalue weighted by molar-refractivity contribution is -0.116. The van der Waals surface area contributed by atoms with Crippen LogP contribution < -0.4 is 20.7 Å². The number of primary amides is 1. The van der Waals surface area contributed by atoms with E-state index in [4.69, 9.17) is 10.5 Å². The van der Waals surface area contributed by atoms with E-state index >= 15 is 0 Å². The summed E-state index contributed by atoms with van der Waals surface area (Å²) >= 11 is 0. The first-order chi connectivity index (χ1) is 14.0. The Morgan fingerprint density at radius 2 is 1.52 bits per heavy atom. The van der Waals surface area contributed by atoms with Crippen molar-refractivity contribution in [1.82, 2.24) is 0 Å². The van der Waals surface area contributed by atoms with Crippen molar-refractivity contribution in [1.29, 1.82) is 0 Å². The zero-order valence-corrected chi connectivity index (χ0v) is 16.2. The maximum absolute atomic E-state index is 12.2. The van der Waals surface area contributed by atoms with E-state index in [1.54, 1.807) is 24.3 Å². The summed E-state index contributed by atoms with van der Waals surface area (Å²) in [7, 11) is 1.93. The number of nitrogens with two attached hydrogens (primary N) is 1. The molecule has 0 aliphatic carbocycles. The summed E-state index contributed by atoms with van der Waals surface area (Å²) < 4.78 is 5.79. The monoisotopic (exact) mass is 389 g/mol. The van der Waals surface area contributed by atoms with Crippen LogP contribution in [0.2, 0.25) is 0 Å². The summed E-state index contributed by atoms with van der Waals surface area (Å²) in [6.07, 6.45) is 0.330. The van der Waals surface area contributed by atoms with Crippen LogP contribution in [0.3, 0.4) is 0 Å². The Morgan fingerprint density at radius 3 is 2.14 bits per heavy atom. The number of carbonyl (C=O) groups excluding carboxylic acids is 2. The van der Waals surface area contributed by atoms with Crippen LogP contribution in [0, 0.1) is 0 Å². The number of carbonyl (C=O) groups is 2. The second-order valence-electron chi connectivity index (χ2n) is 6.57. The van der Waals surface area contributed by atoms with Crippen molar-refractivity contribution >= 4 is 23.2 Å². The predicted molar refractivity (Wildman–Crippen MR) is 114 cm³/mol. The molecule has 0 aliphatic heterocycles. The Balaban J connectivity index is 1.48. The lowest BCUT2D eigenvalue weighted by Gasteiger charge is -2.19. The maximum atomic E-state index is 12.2. The predicted octanol–water partition coefficient (Wildman–Crippen LogP) is 4.04. The molecule has 2 amide bonds. The van der Waals surface area contributed by atoms with Crippen LogP contribution in [0.15, 0.2) is 78.9 Å². The molecule has 6 nitrogen and oxygen atoms in total. The number of anilines is 2. The van der Waals surface area contributed by atoms with Gasteiger partial charge in [-0.2, -0.15) is 0 Å². The molecule has 29 heavy (non-hydrogen) atoms. The van der Waals surface area contributed by atoms with Gasteiger partial charge < -0.3 is 20.7 Å². The summed E-state index contributed by atoms with van der Waals surface area (Å²) in [5.41, 5.74) is 7.23. The Morgan fingerprint density at radius 1 is 0.897 bits per heavy atom. The molecular weight excluding hydrogens is 366 g/mol. The number of ether oxygens (including phenoxy) is 1. The third kappa shape index (κ3) is 5.84. The standard InChI is InChI=1S/C23H23N3O3/c1-26(16-15-22(27)25-18-9-7-17(8-10-18)23(24)28)19-11-13-21(14-12-19)29-20-5-3-2-4-6-20/h2-14H,15-16H2,1H3,(H2,24,28)(H,25,27). The van der Waals surface area contributed by atoms with E-state index in [2.05, 4.69) is 5.32 Å². The number of nitrogens with zero attached hydrogens (tertiary/aromatic N) is 1. The van der Waals surface area contributed by atoms with Crippen molar-refractivity contribution in [3.05, 3.63) is 84.4 Å². The molecule has 0 radical (unpaired) electrons. The van der Waals surface area contributed by atoms with Gasteiger partial charge in [0.25, 0.3) is 0 Å². The summed E-state index contributed by atoms with van der Waals surface area (Å²) in [6.45, 7) is 0.560. The average molecular weight is 389 g/mol. The van der Waals surface area contributed by atoms with Crippen molar-refractivity contribution in [2.24, 2.45) is 5.73 Å². The minimum atomic E-state index is -0.496. The van der Waals surface area contributed by atoms with Crippen molar-refractivity contribution in [2.75, 3.05) is 23.8 Å². The van der Waals surface area contributed by atoms with Gasteiger partial charge in [-0.1, -0.05) is 18.2 Å². The molecule has 0 bridgehead atoms. The molecule has 6 heteroatoms. The average Bonchev–Trinajstić information content (AvgIpc) is 2.74. The number of hydrogen-bond acceptors (Lipinski definition) is 4. The van der Waals surface area contributed by atoms with Crippen LogP contribution in [0.4, 0.5) is 11.4 Å². The molecule has 148 valence electrons. The topological polar surface area (TPSA) is 84.7 Å². The molecule has 3 N–H and O–H groups in total. The van der Waals surface area contributed by atoms with Gasteiger partial charge in [-0.3, -0.25) is 9.59 Å². The third-order valence-electron chi connectivity index (χ3n) is 4.38. The Hall–Kier alpha value is -3.80. The summed E-state index contributed by atoms with van der Waals surface area (Å²) in [5.74, 6) is 0.942. The number of nitrogens with one attached hydrogen (secondary N) is 1. The highest BCUT2D eigenvalue weighted by atomic mass is 16.5. The normalized spacial score (nSPS) is 10.2. The van der Waals surface area contributed by atoms with E-state index in [1.807, 2.05) is 66.5 Å². The lowest BCUT2D eigenvalue weighted by Crippen LogP contribution is -2.23. The number of hydrogen-bond donors (Lipinski definition) is 2. The SMILES string of the molecule is CN(CCC(=O)Nc1ccc(C(N)=O)cc1)c1ccc(Oc2ccccc2)cc1. The Kier molecular flexibility index (Phi) is 6.47. The van der Waals surface area contributed by atoms with E-state index < -0.39 is 5.91 Å². The second-order valence-corrected chi connectivity index (χ2v) is 6.57. The van der Waals surface area contributed by atoms with E-state index in [0.717, 1.165) is 17.2 Å². The van der Waals surface area contributed by atoms with Crippen LogP contribution in [-0.4, -0.2) is 25.4 Å². The van der Waals surface area contributed by atoms with Crippen LogP contribution in [-0.2, 0) is 4.79 Å². The van der Waals surface area contributed by atoms with Crippen LogP contribution in [0.5, 0.6) is 11.5 Å². The van der Waals surface area contributed by atoms with Crippen LogP contribution >= 0.6 is 0 Å². The smallest absolute Gasteiger partial charge is 0.248 e. The van der Waals surface area contributed by atoms with Gasteiger partial charge in [0.2, 0.25) is 11.8 Å². The van der Waals surface area contributed by atoms with Gasteiger partial charge in [0.05, 0.1) is 0 Å². The van der Waals surface area contributed by atoms with Crippen molar-refractivity contribution in [2.45, 2.75) is 6.42 Å². The molecule has 0 spiro atoms. The number of amides is 2. The van der Waals surface area contributed by atoms with Crippen LogP contribution in [0.25, 0.3) is 0 Å². The second kappa shape index (κ2) is 9.41. The third-order valence-corrected chi connectivity index (χ3v) is 4.38. The quantitative estimate of drug-likeness (QED) is 0.609. The lowest BCUT2D eigenvalue weighted by atomic mass is 10.2. The fourth-order valence-electron chi connectivity index (χ4n) is 2.73. The van der Waals surface area contributed by atoms with E-state index in [9.17, 15) is 9.59 Å². The highest BCUT2D eigenvalue weighted by Gasteiger charge is 2.07. The van der Waals surface area contributed by atoms with Gasteiger partial charge in [-0.25, -0.2) is 0 Å². The summed E-state index contributed by atoms with van der Waals surface area (Å²) in [5, 5.41) is 2.81. The zero-order chi connectivity index (χ0) is 20.6. The Labute approximate surface area is 169 Å². The van der Waals surface area contributed by atoms with Gasteiger partial charge in [-0.15, -0.1) is 0 Å². The molecule has 3 rings (SSSR count). The van der Waals surface area contributed by atoms with Gasteiger partial charge in [0.1, 0.15) is 11.5 Å². The zero-order valence-electron chi connectivity index (χ0n) is 16.2. The van der Waals surface area contributed by atoms with E-state index in [0.29, 0.717) is 24.2 Å². The number of para-hydroxylation sites is 1.